The number of hydrogen-bond donors (Lipinski definition) is 0. The topological polar surface area (TPSA) is 18.5 Å². The molecule has 0 saturated heterocycles. The zero-order chi connectivity index (χ0) is 10.1. The zero-order valence-corrected chi connectivity index (χ0v) is 9.76. The molecule has 0 heterocycles. The molecule has 0 unspecified atom stereocenters. The van der Waals surface area contributed by atoms with Crippen molar-refractivity contribution in [2.24, 2.45) is 0 Å². The van der Waals surface area contributed by atoms with Crippen LogP contribution in [0.2, 0.25) is 0 Å². The van der Waals surface area contributed by atoms with Crippen molar-refractivity contribution in [1.29, 1.82) is 0 Å². The summed E-state index contributed by atoms with van der Waals surface area (Å²) in [7, 11) is -0.0896. The van der Waals surface area contributed by atoms with Gasteiger partial charge in [0, 0.05) is 6.61 Å². The highest BCUT2D eigenvalue weighted by atomic mass is 28.2. The van der Waals surface area contributed by atoms with E-state index in [4.69, 9.17) is 9.16 Å². The van der Waals surface area contributed by atoms with Gasteiger partial charge in [-0.3, -0.25) is 0 Å². The average Bonchev–Trinajstić information content (AvgIpc) is 2.25. The lowest BCUT2D eigenvalue weighted by atomic mass is 10.4. The third-order valence-electron chi connectivity index (χ3n) is 1.81. The fourth-order valence-corrected chi connectivity index (χ4v) is 1.75. The largest absolute Gasteiger partial charge is 0.393 e. The van der Waals surface area contributed by atoms with Crippen LogP contribution in [0.4, 0.5) is 0 Å². The van der Waals surface area contributed by atoms with Gasteiger partial charge >= 0.3 is 0 Å². The first kappa shape index (κ1) is 11.4. The highest BCUT2D eigenvalue weighted by Crippen LogP contribution is 1.88. The van der Waals surface area contributed by atoms with E-state index in [0.29, 0.717) is 6.79 Å². The predicted molar refractivity (Wildman–Crippen MR) is 60.0 cm³/mol. The Hall–Kier alpha value is -0.643. The van der Waals surface area contributed by atoms with Crippen LogP contribution < -0.4 is 5.19 Å². The molecule has 0 aliphatic rings. The minimum Gasteiger partial charge on any atom is -0.393 e. The first-order chi connectivity index (χ1) is 6.93. The van der Waals surface area contributed by atoms with Crippen LogP contribution >= 0.6 is 0 Å². The van der Waals surface area contributed by atoms with E-state index in [1.165, 1.54) is 11.6 Å². The molecule has 1 aromatic rings. The van der Waals surface area contributed by atoms with E-state index in [9.17, 15) is 0 Å². The minimum absolute atomic E-state index is 0.0896. The van der Waals surface area contributed by atoms with Crippen molar-refractivity contribution in [1.82, 2.24) is 0 Å². The van der Waals surface area contributed by atoms with Gasteiger partial charge in [-0.1, -0.05) is 43.7 Å². The Morgan fingerprint density at radius 1 is 1.21 bits per heavy atom. The molecule has 1 aromatic carbocycles. The summed E-state index contributed by atoms with van der Waals surface area (Å²) < 4.78 is 10.7. The van der Waals surface area contributed by atoms with Crippen LogP contribution in [-0.4, -0.2) is 23.2 Å². The second-order valence-corrected chi connectivity index (χ2v) is 4.31. The summed E-state index contributed by atoms with van der Waals surface area (Å²) in [6.45, 7) is 3.40. The molecule has 0 amide bonds. The Morgan fingerprint density at radius 3 is 2.71 bits per heavy atom. The zero-order valence-electron chi connectivity index (χ0n) is 8.61. The molecule has 0 spiro atoms. The maximum atomic E-state index is 5.43. The van der Waals surface area contributed by atoms with Gasteiger partial charge in [0.2, 0.25) is 9.76 Å². The molecule has 0 saturated carbocycles. The smallest absolute Gasteiger partial charge is 0.231 e. The maximum absolute atomic E-state index is 5.43. The molecule has 0 bridgehead atoms. The number of ether oxygens (including phenoxy) is 1. The number of benzene rings is 1. The van der Waals surface area contributed by atoms with Gasteiger partial charge in [-0.15, -0.1) is 0 Å². The van der Waals surface area contributed by atoms with Crippen LogP contribution in [0.5, 0.6) is 0 Å². The summed E-state index contributed by atoms with van der Waals surface area (Å²) in [5.74, 6) is 0. The summed E-state index contributed by atoms with van der Waals surface area (Å²) in [6, 6.07) is 10.2. The predicted octanol–water partition coefficient (Wildman–Crippen LogP) is 1.45. The summed E-state index contributed by atoms with van der Waals surface area (Å²) >= 11 is 0. The van der Waals surface area contributed by atoms with Gasteiger partial charge in [-0.05, 0) is 11.6 Å². The second kappa shape index (κ2) is 7.73. The van der Waals surface area contributed by atoms with E-state index < -0.39 is 0 Å². The lowest BCUT2D eigenvalue weighted by Crippen LogP contribution is -2.18. The Bertz CT molecular complexity index is 226. The van der Waals surface area contributed by atoms with Crippen molar-refractivity contribution >= 4 is 14.9 Å². The molecule has 14 heavy (non-hydrogen) atoms. The Kier molecular flexibility index (Phi) is 6.31. The van der Waals surface area contributed by atoms with E-state index in [-0.39, 0.29) is 9.76 Å². The molecule has 1 rings (SSSR count). The molecule has 2 nitrogen and oxygen atoms in total. The molecule has 0 aromatic heterocycles. The van der Waals surface area contributed by atoms with Crippen LogP contribution in [0, 0.1) is 0 Å². The van der Waals surface area contributed by atoms with Gasteiger partial charge in [0.25, 0.3) is 0 Å². The van der Waals surface area contributed by atoms with Gasteiger partial charge in [-0.2, -0.15) is 0 Å². The highest BCUT2D eigenvalue weighted by Gasteiger charge is 1.93. The van der Waals surface area contributed by atoms with E-state index >= 15 is 0 Å². The third kappa shape index (κ3) is 5.17. The fourth-order valence-electron chi connectivity index (χ4n) is 1.02. The summed E-state index contributed by atoms with van der Waals surface area (Å²) in [5, 5.41) is 1.27. The SMILES string of the molecule is CCCCOCO[SiH]c1ccccc1. The van der Waals surface area contributed by atoms with Crippen LogP contribution in [0.25, 0.3) is 0 Å². The van der Waals surface area contributed by atoms with Crippen molar-refractivity contribution < 1.29 is 9.16 Å². The lowest BCUT2D eigenvalue weighted by Gasteiger charge is -2.04. The molecular weight excluding hydrogens is 192 g/mol. The van der Waals surface area contributed by atoms with E-state index in [1.54, 1.807) is 0 Å². The lowest BCUT2D eigenvalue weighted by molar-refractivity contribution is 0.0170. The molecule has 0 fully saturated rings. The van der Waals surface area contributed by atoms with Crippen molar-refractivity contribution in [2.45, 2.75) is 19.8 Å². The highest BCUT2D eigenvalue weighted by molar-refractivity contribution is 6.46. The van der Waals surface area contributed by atoms with Crippen LogP contribution in [0.1, 0.15) is 19.8 Å². The van der Waals surface area contributed by atoms with Crippen molar-refractivity contribution in [3.8, 4) is 0 Å². The van der Waals surface area contributed by atoms with Gasteiger partial charge < -0.3 is 9.16 Å². The van der Waals surface area contributed by atoms with Gasteiger partial charge in [-0.25, -0.2) is 0 Å². The molecule has 77 valence electrons. The summed E-state index contributed by atoms with van der Waals surface area (Å²) in [6.07, 6.45) is 2.29. The summed E-state index contributed by atoms with van der Waals surface area (Å²) in [4.78, 5) is 0. The number of rotatable bonds is 7. The van der Waals surface area contributed by atoms with Gasteiger partial charge in [0.15, 0.2) is 0 Å². The Balaban J connectivity index is 1.99. The first-order valence-electron chi connectivity index (χ1n) is 5.01. The van der Waals surface area contributed by atoms with Crippen molar-refractivity contribution in [3.63, 3.8) is 0 Å². The van der Waals surface area contributed by atoms with E-state index in [0.717, 1.165) is 13.0 Å². The molecule has 0 atom stereocenters. The Labute approximate surface area is 88.2 Å². The molecule has 0 aliphatic carbocycles. The normalized spacial score (nSPS) is 10.4. The monoisotopic (exact) mass is 209 g/mol. The van der Waals surface area contributed by atoms with Crippen molar-refractivity contribution in [2.75, 3.05) is 13.4 Å². The third-order valence-corrected chi connectivity index (χ3v) is 2.77. The fraction of sp³-hybridized carbons (Fsp3) is 0.455. The van der Waals surface area contributed by atoms with Crippen LogP contribution in [0.15, 0.2) is 30.3 Å². The first-order valence-corrected chi connectivity index (χ1v) is 6.06. The molecular formula is C11H17O2Si. The maximum Gasteiger partial charge on any atom is 0.231 e. The summed E-state index contributed by atoms with van der Waals surface area (Å²) in [5.41, 5.74) is 0. The standard InChI is InChI=1S/C11H17O2Si/c1-2-3-9-12-10-13-14-11-7-5-4-6-8-11/h4-8,14H,2-3,9-10H2,1H3. The average molecular weight is 209 g/mol. The number of unbranched alkanes of at least 4 members (excludes halogenated alkanes) is 1. The van der Waals surface area contributed by atoms with Gasteiger partial charge in [0.05, 0.1) is 0 Å². The molecule has 1 radical (unpaired) electrons. The van der Waals surface area contributed by atoms with Gasteiger partial charge in [0.1, 0.15) is 6.79 Å². The molecule has 0 N–H and O–H groups in total. The molecule has 0 aliphatic heterocycles. The minimum atomic E-state index is -0.0896. The van der Waals surface area contributed by atoms with Crippen LogP contribution in [0.3, 0.4) is 0 Å². The van der Waals surface area contributed by atoms with E-state index in [1.807, 2.05) is 18.2 Å². The van der Waals surface area contributed by atoms with Crippen molar-refractivity contribution in [3.05, 3.63) is 30.3 Å². The Morgan fingerprint density at radius 2 is 2.00 bits per heavy atom. The quantitative estimate of drug-likeness (QED) is 0.384. The van der Waals surface area contributed by atoms with Crippen LogP contribution in [-0.2, 0) is 9.16 Å². The number of hydrogen-bond acceptors (Lipinski definition) is 2. The second-order valence-electron chi connectivity index (χ2n) is 3.07. The molecule has 3 heteroatoms. The van der Waals surface area contributed by atoms with E-state index in [2.05, 4.69) is 19.1 Å².